The molecule has 0 saturated heterocycles. The molecule has 0 radical (unpaired) electrons. The van der Waals surface area contributed by atoms with Crippen LogP contribution in [0.4, 0.5) is 0 Å². The lowest BCUT2D eigenvalue weighted by Crippen LogP contribution is -2.16. The lowest BCUT2D eigenvalue weighted by molar-refractivity contribution is 0.587. The second-order valence-corrected chi connectivity index (χ2v) is 7.02. The topological polar surface area (TPSA) is 12.0 Å². The van der Waals surface area contributed by atoms with Gasteiger partial charge in [-0.3, -0.25) is 0 Å². The van der Waals surface area contributed by atoms with Crippen molar-refractivity contribution in [3.63, 3.8) is 0 Å². The minimum Gasteiger partial charge on any atom is -0.305 e. The van der Waals surface area contributed by atoms with Gasteiger partial charge in [0.2, 0.25) is 0 Å². The molecule has 0 aliphatic heterocycles. The van der Waals surface area contributed by atoms with Gasteiger partial charge in [-0.15, -0.1) is 22.7 Å². The molecule has 0 aromatic carbocycles. The van der Waals surface area contributed by atoms with E-state index in [9.17, 15) is 0 Å². The Balaban J connectivity index is 1.92. The Bertz CT molecular complexity index is 433. The number of nitrogens with one attached hydrogen (secondary N) is 1. The molecule has 0 amide bonds. The van der Waals surface area contributed by atoms with Crippen LogP contribution in [-0.2, 0) is 6.54 Å². The largest absolute Gasteiger partial charge is 0.305 e. The summed E-state index contributed by atoms with van der Waals surface area (Å²) in [6.07, 6.45) is 0. The van der Waals surface area contributed by atoms with Gasteiger partial charge in [0, 0.05) is 26.8 Å². The van der Waals surface area contributed by atoms with Crippen LogP contribution in [0.25, 0.3) is 0 Å². The van der Waals surface area contributed by atoms with Crippen LogP contribution in [0.15, 0.2) is 28.1 Å². The van der Waals surface area contributed by atoms with Gasteiger partial charge in [0.25, 0.3) is 0 Å². The van der Waals surface area contributed by atoms with Gasteiger partial charge in [0.05, 0.1) is 0 Å². The van der Waals surface area contributed by atoms with E-state index in [0.717, 1.165) is 15.4 Å². The average Bonchev–Trinajstić information content (AvgIpc) is 2.86. The van der Waals surface area contributed by atoms with Crippen molar-refractivity contribution in [1.82, 2.24) is 5.32 Å². The monoisotopic (exact) mass is 335 g/mol. The maximum absolute atomic E-state index is 5.99. The lowest BCUT2D eigenvalue weighted by Gasteiger charge is -2.10. The van der Waals surface area contributed by atoms with Crippen molar-refractivity contribution < 1.29 is 0 Å². The van der Waals surface area contributed by atoms with Gasteiger partial charge in [0.1, 0.15) is 4.34 Å². The summed E-state index contributed by atoms with van der Waals surface area (Å²) in [6, 6.07) is 6.69. The van der Waals surface area contributed by atoms with Crippen LogP contribution in [-0.4, -0.2) is 0 Å². The van der Waals surface area contributed by atoms with Gasteiger partial charge in [0.15, 0.2) is 0 Å². The lowest BCUT2D eigenvalue weighted by atomic mass is 10.3. The summed E-state index contributed by atoms with van der Waals surface area (Å²) in [7, 11) is 0. The predicted octanol–water partition coefficient (Wildman–Crippen LogP) is 5.08. The molecule has 0 aliphatic carbocycles. The summed E-state index contributed by atoms with van der Waals surface area (Å²) in [6.45, 7) is 3.03. The zero-order chi connectivity index (χ0) is 11.5. The third-order valence-corrected chi connectivity index (χ3v) is 5.78. The molecule has 2 aromatic rings. The maximum atomic E-state index is 5.99. The van der Waals surface area contributed by atoms with Crippen LogP contribution < -0.4 is 5.32 Å². The second-order valence-electron chi connectivity index (χ2n) is 3.45. The minimum atomic E-state index is 0.389. The first-order chi connectivity index (χ1) is 7.66. The van der Waals surface area contributed by atoms with Crippen LogP contribution in [0.5, 0.6) is 0 Å². The standard InChI is InChI=1S/C11H11BrClNS2/c1-7(10-3-2-4-15-10)14-6-8-5-9(12)11(13)16-8/h2-5,7,14H,6H2,1H3. The van der Waals surface area contributed by atoms with Crippen molar-refractivity contribution in [3.05, 3.63) is 42.1 Å². The normalized spacial score (nSPS) is 12.9. The number of thiophene rings is 2. The van der Waals surface area contributed by atoms with E-state index in [4.69, 9.17) is 11.6 Å². The van der Waals surface area contributed by atoms with Gasteiger partial charge >= 0.3 is 0 Å². The Morgan fingerprint density at radius 2 is 2.38 bits per heavy atom. The van der Waals surface area contributed by atoms with E-state index in [1.54, 1.807) is 22.7 Å². The van der Waals surface area contributed by atoms with Crippen molar-refractivity contribution in [2.75, 3.05) is 0 Å². The highest BCUT2D eigenvalue weighted by Gasteiger charge is 2.08. The van der Waals surface area contributed by atoms with Crippen molar-refractivity contribution in [1.29, 1.82) is 0 Å². The highest BCUT2D eigenvalue weighted by Crippen LogP contribution is 2.32. The van der Waals surface area contributed by atoms with Crippen LogP contribution in [0.1, 0.15) is 22.7 Å². The molecular weight excluding hydrogens is 326 g/mol. The number of halogens is 2. The Labute approximate surface area is 117 Å². The Morgan fingerprint density at radius 1 is 1.56 bits per heavy atom. The van der Waals surface area contributed by atoms with Gasteiger partial charge < -0.3 is 5.32 Å². The Kier molecular flexibility index (Phi) is 4.44. The molecule has 0 aliphatic rings. The summed E-state index contributed by atoms with van der Waals surface area (Å²) < 4.78 is 1.81. The van der Waals surface area contributed by atoms with E-state index in [1.807, 2.05) is 0 Å². The smallest absolute Gasteiger partial charge is 0.107 e. The molecule has 86 valence electrons. The fraction of sp³-hybridized carbons (Fsp3) is 0.273. The SMILES string of the molecule is CC(NCc1cc(Br)c(Cl)s1)c1cccs1. The van der Waals surface area contributed by atoms with Gasteiger partial charge in [-0.1, -0.05) is 17.7 Å². The zero-order valence-corrected chi connectivity index (χ0v) is 12.6. The van der Waals surface area contributed by atoms with E-state index in [1.165, 1.54) is 9.75 Å². The molecule has 16 heavy (non-hydrogen) atoms. The van der Waals surface area contributed by atoms with Crippen LogP contribution >= 0.6 is 50.2 Å². The summed E-state index contributed by atoms with van der Waals surface area (Å²) in [5, 5.41) is 5.59. The summed E-state index contributed by atoms with van der Waals surface area (Å²) in [5.41, 5.74) is 0. The quantitative estimate of drug-likeness (QED) is 0.821. The van der Waals surface area contributed by atoms with Crippen molar-refractivity contribution in [3.8, 4) is 0 Å². The average molecular weight is 337 g/mol. The summed E-state index contributed by atoms with van der Waals surface area (Å²) in [5.74, 6) is 0. The van der Waals surface area contributed by atoms with Crippen LogP contribution in [0.3, 0.4) is 0 Å². The molecular formula is C11H11BrClNS2. The number of rotatable bonds is 4. The fourth-order valence-electron chi connectivity index (χ4n) is 1.37. The second kappa shape index (κ2) is 5.65. The summed E-state index contributed by atoms with van der Waals surface area (Å²) in [4.78, 5) is 2.61. The molecule has 1 N–H and O–H groups in total. The maximum Gasteiger partial charge on any atom is 0.107 e. The van der Waals surface area contributed by atoms with Crippen molar-refractivity contribution >= 4 is 50.2 Å². The van der Waals surface area contributed by atoms with E-state index in [0.29, 0.717) is 6.04 Å². The molecule has 1 nitrogen and oxygen atoms in total. The predicted molar refractivity (Wildman–Crippen MR) is 76.6 cm³/mol. The van der Waals surface area contributed by atoms with E-state index < -0.39 is 0 Å². The van der Waals surface area contributed by atoms with Crippen LogP contribution in [0, 0.1) is 0 Å². The molecule has 0 bridgehead atoms. The minimum absolute atomic E-state index is 0.389. The van der Waals surface area contributed by atoms with E-state index in [-0.39, 0.29) is 0 Å². The third-order valence-electron chi connectivity index (χ3n) is 2.25. The van der Waals surface area contributed by atoms with Gasteiger partial charge in [-0.05, 0) is 40.4 Å². The Hall–Kier alpha value is 0.130. The van der Waals surface area contributed by atoms with Crippen molar-refractivity contribution in [2.45, 2.75) is 19.5 Å². The molecule has 0 saturated carbocycles. The van der Waals surface area contributed by atoms with Crippen LogP contribution in [0.2, 0.25) is 4.34 Å². The van der Waals surface area contributed by atoms with E-state index >= 15 is 0 Å². The summed E-state index contributed by atoms with van der Waals surface area (Å²) >= 11 is 12.8. The first-order valence-corrected chi connectivity index (χ1v) is 7.74. The van der Waals surface area contributed by atoms with Crippen molar-refractivity contribution in [2.24, 2.45) is 0 Å². The first-order valence-electron chi connectivity index (χ1n) is 4.87. The molecule has 1 atom stereocenters. The Morgan fingerprint density at radius 3 is 2.94 bits per heavy atom. The molecule has 0 spiro atoms. The number of hydrogen-bond acceptors (Lipinski definition) is 3. The zero-order valence-electron chi connectivity index (χ0n) is 8.67. The number of hydrogen-bond donors (Lipinski definition) is 1. The molecule has 2 heterocycles. The molecule has 2 aromatic heterocycles. The molecule has 5 heteroatoms. The highest BCUT2D eigenvalue weighted by molar-refractivity contribution is 9.10. The third kappa shape index (κ3) is 3.08. The molecule has 1 unspecified atom stereocenters. The fourth-order valence-corrected chi connectivity index (χ4v) is 3.87. The highest BCUT2D eigenvalue weighted by atomic mass is 79.9. The van der Waals surface area contributed by atoms with Gasteiger partial charge in [-0.25, -0.2) is 0 Å². The molecule has 0 fully saturated rings. The van der Waals surface area contributed by atoms with E-state index in [2.05, 4.69) is 51.7 Å². The van der Waals surface area contributed by atoms with Gasteiger partial charge in [-0.2, -0.15) is 0 Å². The first kappa shape index (κ1) is 12.6. The molecule has 2 rings (SSSR count).